The molecule has 4 aromatic carbocycles. The molecule has 0 saturated heterocycles. The highest BCUT2D eigenvalue weighted by molar-refractivity contribution is 7.92. The van der Waals surface area contributed by atoms with Crippen LogP contribution in [0.1, 0.15) is 36.1 Å². The molecule has 4 rings (SSSR count). The van der Waals surface area contributed by atoms with Gasteiger partial charge in [0.25, 0.3) is 10.0 Å². The molecule has 0 bridgehead atoms. The summed E-state index contributed by atoms with van der Waals surface area (Å²) in [6.07, 6.45) is 0.244. The highest BCUT2D eigenvalue weighted by Gasteiger charge is 2.34. The first kappa shape index (κ1) is 32.8. The van der Waals surface area contributed by atoms with Gasteiger partial charge < -0.3 is 10.2 Å². The van der Waals surface area contributed by atoms with E-state index >= 15 is 0 Å². The van der Waals surface area contributed by atoms with Crippen molar-refractivity contribution in [1.29, 1.82) is 0 Å². The number of rotatable bonds is 12. The maximum atomic E-state index is 14.5. The van der Waals surface area contributed by atoms with Crippen LogP contribution in [0, 0.1) is 13.8 Å². The SMILES string of the molecule is Cc1ccc(S(=O)(=O)N(CC(=O)N(Cc2ccc(Cl)cc2)[C@@H](Cc2ccccc2)C(=O)NC(C)C)c2cccc(C)c2)cc1. The van der Waals surface area contributed by atoms with Crippen molar-refractivity contribution in [1.82, 2.24) is 10.2 Å². The standard InChI is InChI=1S/C35H38ClN3O4S/c1-25(2)37-35(41)33(22-28-10-6-5-7-11-28)38(23-29-15-17-30(36)18-16-29)34(40)24-39(31-12-8-9-27(4)21-31)44(42,43)32-19-13-26(3)14-20-32/h5-21,25,33H,22-24H2,1-4H3,(H,37,41)/t33-/m0/s1. The Morgan fingerprint density at radius 1 is 0.795 bits per heavy atom. The smallest absolute Gasteiger partial charge is 0.264 e. The van der Waals surface area contributed by atoms with Gasteiger partial charge in [-0.1, -0.05) is 83.9 Å². The summed E-state index contributed by atoms with van der Waals surface area (Å²) >= 11 is 6.14. The van der Waals surface area contributed by atoms with Crippen LogP contribution in [-0.2, 0) is 32.6 Å². The number of nitrogens with zero attached hydrogens (tertiary/aromatic N) is 2. The molecular weight excluding hydrogens is 594 g/mol. The van der Waals surface area contributed by atoms with Gasteiger partial charge in [0.05, 0.1) is 10.6 Å². The Balaban J connectivity index is 1.80. The molecule has 0 aliphatic rings. The lowest BCUT2D eigenvalue weighted by atomic mass is 10.0. The molecule has 1 atom stereocenters. The number of hydrogen-bond acceptors (Lipinski definition) is 4. The van der Waals surface area contributed by atoms with Crippen molar-refractivity contribution in [2.24, 2.45) is 0 Å². The average molecular weight is 632 g/mol. The van der Waals surface area contributed by atoms with Gasteiger partial charge >= 0.3 is 0 Å². The molecule has 0 saturated carbocycles. The number of halogens is 1. The van der Waals surface area contributed by atoms with E-state index in [0.29, 0.717) is 10.7 Å². The van der Waals surface area contributed by atoms with Crippen molar-refractivity contribution >= 4 is 39.1 Å². The largest absolute Gasteiger partial charge is 0.352 e. The second kappa shape index (κ2) is 14.6. The monoisotopic (exact) mass is 631 g/mol. The number of hydrogen-bond donors (Lipinski definition) is 1. The van der Waals surface area contributed by atoms with Crippen LogP contribution < -0.4 is 9.62 Å². The highest BCUT2D eigenvalue weighted by Crippen LogP contribution is 2.26. The van der Waals surface area contributed by atoms with Crippen LogP contribution in [0.5, 0.6) is 0 Å². The Bertz CT molecular complexity index is 1680. The minimum atomic E-state index is -4.15. The van der Waals surface area contributed by atoms with Crippen LogP contribution in [0.2, 0.25) is 5.02 Å². The number of carbonyl (C=O) groups excluding carboxylic acids is 2. The number of nitrogens with one attached hydrogen (secondary N) is 1. The van der Waals surface area contributed by atoms with E-state index in [-0.39, 0.29) is 29.8 Å². The Morgan fingerprint density at radius 2 is 1.45 bits per heavy atom. The van der Waals surface area contributed by atoms with E-state index in [4.69, 9.17) is 11.6 Å². The molecule has 0 fully saturated rings. The Hall–Kier alpha value is -4.14. The van der Waals surface area contributed by atoms with Gasteiger partial charge in [-0.3, -0.25) is 13.9 Å². The quantitative estimate of drug-likeness (QED) is 0.198. The van der Waals surface area contributed by atoms with Gasteiger partial charge in [-0.25, -0.2) is 8.42 Å². The van der Waals surface area contributed by atoms with Crippen LogP contribution in [0.25, 0.3) is 0 Å². The molecule has 44 heavy (non-hydrogen) atoms. The van der Waals surface area contributed by atoms with Gasteiger partial charge in [-0.05, 0) is 80.8 Å². The summed E-state index contributed by atoms with van der Waals surface area (Å²) in [6, 6.07) is 29.0. The molecule has 230 valence electrons. The zero-order valence-corrected chi connectivity index (χ0v) is 27.0. The summed E-state index contributed by atoms with van der Waals surface area (Å²) < 4.78 is 29.3. The van der Waals surface area contributed by atoms with Gasteiger partial charge in [0.15, 0.2) is 0 Å². The van der Waals surface area contributed by atoms with Crippen LogP contribution in [0.4, 0.5) is 5.69 Å². The predicted octanol–water partition coefficient (Wildman–Crippen LogP) is 6.32. The van der Waals surface area contributed by atoms with Crippen molar-refractivity contribution in [3.8, 4) is 0 Å². The van der Waals surface area contributed by atoms with Crippen molar-refractivity contribution in [2.75, 3.05) is 10.8 Å². The molecule has 0 aliphatic heterocycles. The molecule has 9 heteroatoms. The summed E-state index contributed by atoms with van der Waals surface area (Å²) in [7, 11) is -4.15. The first-order chi connectivity index (χ1) is 20.9. The van der Waals surface area contributed by atoms with E-state index in [1.165, 1.54) is 17.0 Å². The van der Waals surface area contributed by atoms with Crippen LogP contribution >= 0.6 is 11.6 Å². The van der Waals surface area contributed by atoms with Crippen molar-refractivity contribution in [2.45, 2.75) is 57.6 Å². The molecule has 0 unspecified atom stereocenters. The van der Waals surface area contributed by atoms with Crippen LogP contribution in [0.3, 0.4) is 0 Å². The second-order valence-corrected chi connectivity index (χ2v) is 13.5. The normalized spacial score (nSPS) is 12.0. The minimum Gasteiger partial charge on any atom is -0.352 e. The number of benzene rings is 4. The fourth-order valence-corrected chi connectivity index (χ4v) is 6.40. The fraction of sp³-hybridized carbons (Fsp3) is 0.257. The van der Waals surface area contributed by atoms with Gasteiger partial charge in [-0.2, -0.15) is 0 Å². The third-order valence-electron chi connectivity index (χ3n) is 7.15. The summed E-state index contributed by atoms with van der Waals surface area (Å²) in [4.78, 5) is 29.7. The number of amides is 2. The van der Waals surface area contributed by atoms with Gasteiger partial charge in [0.1, 0.15) is 12.6 Å². The van der Waals surface area contributed by atoms with E-state index in [2.05, 4.69) is 5.32 Å². The lowest BCUT2D eigenvalue weighted by molar-refractivity contribution is -0.140. The van der Waals surface area contributed by atoms with E-state index < -0.39 is 28.5 Å². The molecule has 4 aromatic rings. The predicted molar refractivity (Wildman–Crippen MR) is 176 cm³/mol. The van der Waals surface area contributed by atoms with E-state index in [1.54, 1.807) is 54.6 Å². The van der Waals surface area contributed by atoms with Gasteiger partial charge in [-0.15, -0.1) is 0 Å². The first-order valence-corrected chi connectivity index (χ1v) is 16.3. The molecule has 0 spiro atoms. The van der Waals surface area contributed by atoms with Crippen LogP contribution in [0.15, 0.2) is 108 Å². The molecule has 0 aromatic heterocycles. The van der Waals surface area contributed by atoms with Crippen LogP contribution in [-0.4, -0.2) is 43.8 Å². The number of aryl methyl sites for hydroxylation is 2. The number of anilines is 1. The fourth-order valence-electron chi connectivity index (χ4n) is 4.87. The second-order valence-electron chi connectivity index (χ2n) is 11.2. The molecule has 0 aliphatic carbocycles. The van der Waals surface area contributed by atoms with Crippen molar-refractivity contribution < 1.29 is 18.0 Å². The topological polar surface area (TPSA) is 86.8 Å². The summed E-state index contributed by atoms with van der Waals surface area (Å²) in [5, 5.41) is 3.50. The molecule has 2 amide bonds. The number of carbonyl (C=O) groups is 2. The molecule has 0 heterocycles. The van der Waals surface area contributed by atoms with E-state index in [0.717, 1.165) is 26.6 Å². The third-order valence-corrected chi connectivity index (χ3v) is 9.19. The van der Waals surface area contributed by atoms with E-state index in [1.807, 2.05) is 64.1 Å². The average Bonchev–Trinajstić information content (AvgIpc) is 2.98. The molecule has 1 N–H and O–H groups in total. The Morgan fingerprint density at radius 3 is 2.07 bits per heavy atom. The first-order valence-electron chi connectivity index (χ1n) is 14.5. The minimum absolute atomic E-state index is 0.0695. The Kier molecular flexibility index (Phi) is 10.8. The van der Waals surface area contributed by atoms with Crippen molar-refractivity contribution in [3.05, 3.63) is 130 Å². The number of sulfonamides is 1. The highest BCUT2D eigenvalue weighted by atomic mass is 35.5. The maximum Gasteiger partial charge on any atom is 0.264 e. The third kappa shape index (κ3) is 8.49. The van der Waals surface area contributed by atoms with Gasteiger partial charge in [0.2, 0.25) is 11.8 Å². The Labute approximate surface area is 265 Å². The summed E-state index contributed by atoms with van der Waals surface area (Å²) in [6.45, 7) is 7.02. The molecule has 7 nitrogen and oxygen atoms in total. The van der Waals surface area contributed by atoms with Gasteiger partial charge in [0, 0.05) is 24.0 Å². The summed E-state index contributed by atoms with van der Waals surface area (Å²) in [5.41, 5.74) is 3.73. The molecular formula is C35H38ClN3O4S. The lowest BCUT2D eigenvalue weighted by Crippen LogP contribution is -2.54. The van der Waals surface area contributed by atoms with E-state index in [9.17, 15) is 18.0 Å². The summed E-state index contributed by atoms with van der Waals surface area (Å²) in [5.74, 6) is -0.841. The van der Waals surface area contributed by atoms with Crippen molar-refractivity contribution in [3.63, 3.8) is 0 Å². The lowest BCUT2D eigenvalue weighted by Gasteiger charge is -2.34. The zero-order valence-electron chi connectivity index (χ0n) is 25.4. The zero-order chi connectivity index (χ0) is 31.9. The maximum absolute atomic E-state index is 14.5. The molecule has 0 radical (unpaired) electrons.